The number of nitrogens with zero attached hydrogens (tertiary/aromatic N) is 2. The second-order valence-corrected chi connectivity index (χ2v) is 9.35. The van der Waals surface area contributed by atoms with Crippen molar-refractivity contribution in [1.82, 2.24) is 0 Å². The molecule has 4 nitrogen and oxygen atoms in total. The Morgan fingerprint density at radius 1 is 0.853 bits per heavy atom. The van der Waals surface area contributed by atoms with E-state index in [1.165, 1.54) is 28.5 Å². The zero-order valence-electron chi connectivity index (χ0n) is 20.1. The molecule has 1 fully saturated rings. The quantitative estimate of drug-likeness (QED) is 0.369. The monoisotopic (exact) mass is 468 g/mol. The third-order valence-corrected chi connectivity index (χ3v) is 6.91. The van der Waals surface area contributed by atoms with Crippen LogP contribution in [0.4, 0.5) is 11.4 Å². The second-order valence-electron chi connectivity index (χ2n) is 8.34. The molecule has 0 radical (unpaired) electrons. The van der Waals surface area contributed by atoms with Gasteiger partial charge in [0, 0.05) is 0 Å². The summed E-state index contributed by atoms with van der Waals surface area (Å²) in [5, 5.41) is 0.653. The third kappa shape index (κ3) is 5.15. The van der Waals surface area contributed by atoms with E-state index in [4.69, 9.17) is 9.73 Å². The van der Waals surface area contributed by atoms with Gasteiger partial charge in [-0.05, 0) is 110 Å². The second kappa shape index (κ2) is 10.1. The number of carbonyl (C=O) groups excluding carboxylic acids is 1. The van der Waals surface area contributed by atoms with Crippen LogP contribution in [0, 0.1) is 27.7 Å². The van der Waals surface area contributed by atoms with Crippen molar-refractivity contribution >= 4 is 40.3 Å². The van der Waals surface area contributed by atoms with Crippen molar-refractivity contribution in [2.75, 3.05) is 12.0 Å². The molecule has 0 unspecified atom stereocenters. The standard InChI is InChI=1S/C29H28N2O2S/c1-19-9-13-24(17-21(19)3)30-29-31(25-14-10-20(2)22(4)18-25)28(32)27(34-29)8-6-7-23-11-15-26(33-5)16-12-23/h6-18H,1-5H3/b7-6+,27-8-,30-29?. The summed E-state index contributed by atoms with van der Waals surface area (Å²) in [5.41, 5.74) is 7.41. The molecule has 0 bridgehead atoms. The number of hydrogen-bond acceptors (Lipinski definition) is 4. The Morgan fingerprint density at radius 2 is 1.53 bits per heavy atom. The lowest BCUT2D eigenvalue weighted by atomic mass is 10.1. The fourth-order valence-corrected chi connectivity index (χ4v) is 4.48. The maximum absolute atomic E-state index is 13.5. The highest BCUT2D eigenvalue weighted by molar-refractivity contribution is 8.19. The van der Waals surface area contributed by atoms with Gasteiger partial charge in [0.2, 0.25) is 0 Å². The molecule has 3 aromatic rings. The van der Waals surface area contributed by atoms with Gasteiger partial charge in [0.25, 0.3) is 5.91 Å². The van der Waals surface area contributed by atoms with Crippen molar-refractivity contribution in [2.24, 2.45) is 4.99 Å². The van der Waals surface area contributed by atoms with Crippen molar-refractivity contribution < 1.29 is 9.53 Å². The lowest BCUT2D eigenvalue weighted by Gasteiger charge is -2.17. The Balaban J connectivity index is 1.69. The van der Waals surface area contributed by atoms with E-state index < -0.39 is 0 Å². The topological polar surface area (TPSA) is 41.9 Å². The van der Waals surface area contributed by atoms with Crippen LogP contribution in [0.3, 0.4) is 0 Å². The van der Waals surface area contributed by atoms with Gasteiger partial charge in [0.15, 0.2) is 5.17 Å². The largest absolute Gasteiger partial charge is 0.497 e. The van der Waals surface area contributed by atoms with Crippen molar-refractivity contribution in [3.05, 3.63) is 106 Å². The van der Waals surface area contributed by atoms with Crippen molar-refractivity contribution in [1.29, 1.82) is 0 Å². The van der Waals surface area contributed by atoms with E-state index in [0.29, 0.717) is 10.1 Å². The SMILES string of the molecule is COc1ccc(/C=C/C=C2\SC(=Nc3ccc(C)c(C)c3)N(c3ccc(C)c(C)c3)C2=O)cc1. The minimum Gasteiger partial charge on any atom is -0.497 e. The van der Waals surface area contributed by atoms with Gasteiger partial charge in [-0.2, -0.15) is 0 Å². The Bertz CT molecular complexity index is 1320. The summed E-state index contributed by atoms with van der Waals surface area (Å²) in [6.45, 7) is 8.28. The lowest BCUT2D eigenvalue weighted by Crippen LogP contribution is -2.28. The van der Waals surface area contributed by atoms with Crippen molar-refractivity contribution in [3.8, 4) is 5.75 Å². The van der Waals surface area contributed by atoms with Crippen LogP contribution < -0.4 is 9.64 Å². The summed E-state index contributed by atoms with van der Waals surface area (Å²) < 4.78 is 5.21. The van der Waals surface area contributed by atoms with E-state index in [-0.39, 0.29) is 5.91 Å². The number of anilines is 1. The predicted molar refractivity (Wildman–Crippen MR) is 144 cm³/mol. The number of thioether (sulfide) groups is 1. The van der Waals surface area contributed by atoms with Gasteiger partial charge in [-0.3, -0.25) is 9.69 Å². The Morgan fingerprint density at radius 3 is 2.18 bits per heavy atom. The van der Waals surface area contributed by atoms with Gasteiger partial charge < -0.3 is 4.74 Å². The van der Waals surface area contributed by atoms with E-state index in [1.807, 2.05) is 66.8 Å². The summed E-state index contributed by atoms with van der Waals surface area (Å²) in [7, 11) is 1.65. The van der Waals surface area contributed by atoms with Gasteiger partial charge in [0.1, 0.15) is 5.75 Å². The van der Waals surface area contributed by atoms with Crippen LogP contribution >= 0.6 is 11.8 Å². The van der Waals surface area contributed by atoms with E-state index >= 15 is 0 Å². The highest BCUT2D eigenvalue weighted by Crippen LogP contribution is 2.37. The summed E-state index contributed by atoms with van der Waals surface area (Å²) in [4.78, 5) is 20.7. The smallest absolute Gasteiger partial charge is 0.271 e. The number of hydrogen-bond donors (Lipinski definition) is 0. The zero-order valence-corrected chi connectivity index (χ0v) is 20.9. The average Bonchev–Trinajstić information content (AvgIpc) is 3.13. The average molecular weight is 469 g/mol. The molecule has 0 aromatic heterocycles. The number of amides is 1. The van der Waals surface area contributed by atoms with Crippen LogP contribution in [0.25, 0.3) is 6.08 Å². The molecule has 0 N–H and O–H groups in total. The summed E-state index contributed by atoms with van der Waals surface area (Å²) in [6.07, 6.45) is 5.73. The molecule has 0 aliphatic carbocycles. The maximum atomic E-state index is 13.5. The number of benzene rings is 3. The number of allylic oxidation sites excluding steroid dienone is 2. The normalized spacial score (nSPS) is 16.3. The van der Waals surface area contributed by atoms with Gasteiger partial charge in [0.05, 0.1) is 23.4 Å². The fraction of sp³-hybridized carbons (Fsp3) is 0.172. The number of aliphatic imine (C=N–C) groups is 1. The van der Waals surface area contributed by atoms with Crippen LogP contribution in [0.2, 0.25) is 0 Å². The van der Waals surface area contributed by atoms with Gasteiger partial charge in [-0.25, -0.2) is 4.99 Å². The number of amidine groups is 1. The minimum atomic E-state index is -0.0739. The zero-order chi connectivity index (χ0) is 24.2. The van der Waals surface area contributed by atoms with Crippen LogP contribution in [-0.2, 0) is 4.79 Å². The molecule has 1 saturated heterocycles. The lowest BCUT2D eigenvalue weighted by molar-refractivity contribution is -0.113. The summed E-state index contributed by atoms with van der Waals surface area (Å²) >= 11 is 1.39. The molecule has 1 amide bonds. The highest BCUT2D eigenvalue weighted by Gasteiger charge is 2.34. The molecule has 1 heterocycles. The first-order valence-corrected chi connectivity index (χ1v) is 12.0. The highest BCUT2D eigenvalue weighted by atomic mass is 32.2. The van der Waals surface area contributed by atoms with E-state index in [1.54, 1.807) is 12.0 Å². The van der Waals surface area contributed by atoms with E-state index in [9.17, 15) is 4.79 Å². The third-order valence-electron chi connectivity index (χ3n) is 5.92. The molecule has 1 aliphatic heterocycles. The van der Waals surface area contributed by atoms with Gasteiger partial charge in [-0.15, -0.1) is 0 Å². The summed E-state index contributed by atoms with van der Waals surface area (Å²) in [5.74, 6) is 0.739. The number of methoxy groups -OCH3 is 1. The molecule has 3 aromatic carbocycles. The first-order valence-electron chi connectivity index (χ1n) is 11.1. The minimum absolute atomic E-state index is 0.0739. The van der Waals surface area contributed by atoms with E-state index in [2.05, 4.69) is 39.8 Å². The first-order chi connectivity index (χ1) is 16.4. The number of rotatable bonds is 5. The van der Waals surface area contributed by atoms with Gasteiger partial charge >= 0.3 is 0 Å². The van der Waals surface area contributed by atoms with Crippen LogP contribution in [0.1, 0.15) is 27.8 Å². The Labute approximate surface area is 205 Å². The number of carbonyl (C=O) groups is 1. The molecule has 4 rings (SSSR count). The maximum Gasteiger partial charge on any atom is 0.271 e. The molecular weight excluding hydrogens is 440 g/mol. The molecule has 34 heavy (non-hydrogen) atoms. The predicted octanol–water partition coefficient (Wildman–Crippen LogP) is 7.29. The van der Waals surface area contributed by atoms with Crippen molar-refractivity contribution in [2.45, 2.75) is 27.7 Å². The molecular formula is C29H28N2O2S. The van der Waals surface area contributed by atoms with Crippen molar-refractivity contribution in [3.63, 3.8) is 0 Å². The van der Waals surface area contributed by atoms with E-state index in [0.717, 1.165) is 28.3 Å². The molecule has 172 valence electrons. The summed E-state index contributed by atoms with van der Waals surface area (Å²) in [6, 6.07) is 20.0. The van der Waals surface area contributed by atoms with Crippen LogP contribution in [-0.4, -0.2) is 18.2 Å². The molecule has 0 spiro atoms. The molecule has 1 aliphatic rings. The Kier molecular flexibility index (Phi) is 7.03. The fourth-order valence-electron chi connectivity index (χ4n) is 3.52. The number of aryl methyl sites for hydroxylation is 4. The van der Waals surface area contributed by atoms with Crippen LogP contribution in [0.5, 0.6) is 5.75 Å². The van der Waals surface area contributed by atoms with Gasteiger partial charge in [-0.1, -0.05) is 36.4 Å². The molecule has 0 saturated carbocycles. The molecule has 5 heteroatoms. The first kappa shape index (κ1) is 23.6. The van der Waals surface area contributed by atoms with Crippen LogP contribution in [0.15, 0.2) is 82.7 Å². The molecule has 0 atom stereocenters. The Hall–Kier alpha value is -3.57. The number of ether oxygens (including phenoxy) is 1.